The lowest BCUT2D eigenvalue weighted by atomic mass is 9.96. The molecule has 1 unspecified atom stereocenters. The number of imidazole rings is 1. The van der Waals surface area contributed by atoms with E-state index in [1.165, 1.54) is 12.5 Å². The summed E-state index contributed by atoms with van der Waals surface area (Å²) in [5, 5.41) is 0. The van der Waals surface area contributed by atoms with Crippen molar-refractivity contribution in [1.82, 2.24) is 15.0 Å². The summed E-state index contributed by atoms with van der Waals surface area (Å²) in [6.45, 7) is 0.521. The van der Waals surface area contributed by atoms with Crippen molar-refractivity contribution in [2.24, 2.45) is 0 Å². The van der Waals surface area contributed by atoms with Gasteiger partial charge in [-0.25, -0.2) is 14.4 Å². The minimum Gasteiger partial charge on any atom is -0.493 e. The minimum atomic E-state index is -0.386. The molecule has 2 aromatic carbocycles. The molecule has 1 aliphatic heterocycles. The lowest BCUT2D eigenvalue weighted by Gasteiger charge is -2.23. The fourth-order valence-corrected chi connectivity index (χ4v) is 3.29. The Morgan fingerprint density at radius 2 is 2.12 bits per heavy atom. The van der Waals surface area contributed by atoms with Gasteiger partial charge in [-0.2, -0.15) is 0 Å². The van der Waals surface area contributed by atoms with E-state index in [-0.39, 0.29) is 11.7 Å². The molecule has 0 bridgehead atoms. The first-order valence-corrected chi connectivity index (χ1v) is 8.06. The van der Waals surface area contributed by atoms with Crippen LogP contribution in [0.2, 0.25) is 0 Å². The van der Waals surface area contributed by atoms with Crippen molar-refractivity contribution in [3.05, 3.63) is 66.2 Å². The second-order valence-electron chi connectivity index (χ2n) is 6.16. The van der Waals surface area contributed by atoms with E-state index in [4.69, 9.17) is 9.15 Å². The van der Waals surface area contributed by atoms with Crippen LogP contribution in [0.15, 0.2) is 53.4 Å². The molecule has 2 aromatic heterocycles. The molecule has 1 N–H and O–H groups in total. The third-order valence-electron chi connectivity index (χ3n) is 4.54. The van der Waals surface area contributed by atoms with Gasteiger partial charge in [0.25, 0.3) is 0 Å². The van der Waals surface area contributed by atoms with Gasteiger partial charge in [0, 0.05) is 5.56 Å². The van der Waals surface area contributed by atoms with Crippen molar-refractivity contribution < 1.29 is 13.5 Å². The Hall–Kier alpha value is -3.15. The number of benzene rings is 2. The van der Waals surface area contributed by atoms with Crippen molar-refractivity contribution in [3.8, 4) is 17.1 Å². The van der Waals surface area contributed by atoms with E-state index in [0.29, 0.717) is 29.0 Å². The number of H-pyrrole nitrogens is 1. The first-order valence-electron chi connectivity index (χ1n) is 8.06. The second kappa shape index (κ2) is 5.44. The van der Waals surface area contributed by atoms with E-state index in [9.17, 15) is 4.39 Å². The van der Waals surface area contributed by atoms with Gasteiger partial charge < -0.3 is 14.1 Å². The molecule has 0 saturated heterocycles. The summed E-state index contributed by atoms with van der Waals surface area (Å²) in [5.74, 6) is 1.85. The number of rotatable bonds is 2. The number of hydrogen-bond donors (Lipinski definition) is 1. The maximum Gasteiger partial charge on any atom is 0.181 e. The van der Waals surface area contributed by atoms with Crippen LogP contribution in [0.3, 0.4) is 0 Å². The van der Waals surface area contributed by atoms with Crippen LogP contribution >= 0.6 is 0 Å². The van der Waals surface area contributed by atoms with Crippen LogP contribution < -0.4 is 4.74 Å². The molecule has 6 heteroatoms. The third kappa shape index (κ3) is 2.38. The molecule has 5 rings (SSSR count). The van der Waals surface area contributed by atoms with Crippen LogP contribution in [0.4, 0.5) is 4.39 Å². The van der Waals surface area contributed by atoms with E-state index in [1.54, 1.807) is 6.20 Å². The van der Waals surface area contributed by atoms with E-state index in [0.717, 1.165) is 23.6 Å². The fourth-order valence-electron chi connectivity index (χ4n) is 3.29. The van der Waals surface area contributed by atoms with E-state index in [1.807, 2.05) is 30.3 Å². The highest BCUT2D eigenvalue weighted by Gasteiger charge is 2.24. The lowest BCUT2D eigenvalue weighted by Crippen LogP contribution is -2.20. The normalized spacial score (nSPS) is 16.6. The predicted molar refractivity (Wildman–Crippen MR) is 89.9 cm³/mol. The predicted octanol–water partition coefficient (Wildman–Crippen LogP) is 4.08. The Morgan fingerprint density at radius 3 is 3.00 bits per heavy atom. The molecule has 0 aliphatic carbocycles. The molecule has 4 aromatic rings. The van der Waals surface area contributed by atoms with Crippen LogP contribution in [0.1, 0.15) is 17.3 Å². The van der Waals surface area contributed by atoms with Gasteiger partial charge in [0.05, 0.1) is 24.2 Å². The fraction of sp³-hybridized carbons (Fsp3) is 0.158. The molecular formula is C19H14FN3O2. The Balaban J connectivity index is 1.54. The molecule has 0 fully saturated rings. The Bertz CT molecular complexity index is 1060. The van der Waals surface area contributed by atoms with Crippen molar-refractivity contribution in [1.29, 1.82) is 0 Å². The van der Waals surface area contributed by atoms with Crippen LogP contribution in [-0.4, -0.2) is 21.6 Å². The van der Waals surface area contributed by atoms with Crippen LogP contribution in [0.5, 0.6) is 5.75 Å². The van der Waals surface area contributed by atoms with Crippen molar-refractivity contribution in [2.45, 2.75) is 12.3 Å². The summed E-state index contributed by atoms with van der Waals surface area (Å²) in [7, 11) is 0. The van der Waals surface area contributed by atoms with E-state index in [2.05, 4.69) is 15.0 Å². The molecule has 0 spiro atoms. The molecule has 25 heavy (non-hydrogen) atoms. The van der Waals surface area contributed by atoms with Gasteiger partial charge in [-0.3, -0.25) is 0 Å². The zero-order valence-corrected chi connectivity index (χ0v) is 13.2. The summed E-state index contributed by atoms with van der Waals surface area (Å²) in [4.78, 5) is 11.6. The Kier molecular flexibility index (Phi) is 3.09. The third-order valence-corrected chi connectivity index (χ3v) is 4.54. The second-order valence-corrected chi connectivity index (χ2v) is 6.16. The molecule has 0 radical (unpaired) electrons. The summed E-state index contributed by atoms with van der Waals surface area (Å²) in [6.07, 6.45) is 3.70. The molecule has 1 aliphatic rings. The standard InChI is InChI=1S/C19H14FN3O2/c20-14-6-12(17-8-21-10-25-17)7-15-18(14)23-19(22-15)13-5-11-3-1-2-4-16(11)24-9-13/h1-4,6-8,10,13H,5,9H2,(H,22,23). The first kappa shape index (κ1) is 14.2. The van der Waals surface area contributed by atoms with Gasteiger partial charge in [-0.1, -0.05) is 18.2 Å². The number of nitrogens with zero attached hydrogens (tertiary/aromatic N) is 2. The largest absolute Gasteiger partial charge is 0.493 e. The van der Waals surface area contributed by atoms with Crippen molar-refractivity contribution in [3.63, 3.8) is 0 Å². The summed E-state index contributed by atoms with van der Waals surface area (Å²) >= 11 is 0. The average Bonchev–Trinajstić information content (AvgIpc) is 3.31. The molecule has 0 saturated carbocycles. The number of aromatic amines is 1. The SMILES string of the molecule is Fc1cc(-c2cnco2)cc2[nH]c(C3COc4ccccc4C3)nc12. The first-order chi connectivity index (χ1) is 12.3. The lowest BCUT2D eigenvalue weighted by molar-refractivity contribution is 0.258. The molecule has 3 heterocycles. The number of hydrogen-bond acceptors (Lipinski definition) is 4. The zero-order chi connectivity index (χ0) is 16.8. The topological polar surface area (TPSA) is 63.9 Å². The van der Waals surface area contributed by atoms with E-state index >= 15 is 0 Å². The molecular weight excluding hydrogens is 321 g/mol. The van der Waals surface area contributed by atoms with Crippen LogP contribution in [0, 0.1) is 5.82 Å². The Labute approximate surface area is 142 Å². The van der Waals surface area contributed by atoms with Gasteiger partial charge in [-0.15, -0.1) is 0 Å². The molecule has 0 amide bonds. The maximum atomic E-state index is 14.5. The minimum absolute atomic E-state index is 0.0652. The summed E-state index contributed by atoms with van der Waals surface area (Å²) in [6, 6.07) is 11.2. The van der Waals surface area contributed by atoms with E-state index < -0.39 is 0 Å². The van der Waals surface area contributed by atoms with Gasteiger partial charge in [0.1, 0.15) is 17.1 Å². The monoisotopic (exact) mass is 335 g/mol. The quantitative estimate of drug-likeness (QED) is 0.599. The molecule has 1 atom stereocenters. The van der Waals surface area contributed by atoms with Crippen LogP contribution in [-0.2, 0) is 6.42 Å². The van der Waals surface area contributed by atoms with Gasteiger partial charge in [-0.05, 0) is 30.2 Å². The average molecular weight is 335 g/mol. The Morgan fingerprint density at radius 1 is 1.20 bits per heavy atom. The number of fused-ring (bicyclic) bond motifs is 2. The van der Waals surface area contributed by atoms with Gasteiger partial charge in [0.15, 0.2) is 18.0 Å². The van der Waals surface area contributed by atoms with Gasteiger partial charge in [0.2, 0.25) is 0 Å². The van der Waals surface area contributed by atoms with Gasteiger partial charge >= 0.3 is 0 Å². The highest BCUT2D eigenvalue weighted by atomic mass is 19.1. The smallest absolute Gasteiger partial charge is 0.181 e. The van der Waals surface area contributed by atoms with Crippen molar-refractivity contribution >= 4 is 11.0 Å². The number of ether oxygens (including phenoxy) is 1. The number of nitrogens with one attached hydrogen (secondary N) is 1. The summed E-state index contributed by atoms with van der Waals surface area (Å²) < 4.78 is 25.6. The maximum absolute atomic E-state index is 14.5. The number of aromatic nitrogens is 3. The number of oxazole rings is 1. The highest BCUT2D eigenvalue weighted by molar-refractivity contribution is 5.81. The molecule has 5 nitrogen and oxygen atoms in total. The zero-order valence-electron chi connectivity index (χ0n) is 13.2. The summed E-state index contributed by atoms with van der Waals surface area (Å²) in [5.41, 5.74) is 2.74. The van der Waals surface area contributed by atoms with Crippen LogP contribution in [0.25, 0.3) is 22.4 Å². The number of para-hydroxylation sites is 1. The van der Waals surface area contributed by atoms with Crippen molar-refractivity contribution in [2.75, 3.05) is 6.61 Å². The highest BCUT2D eigenvalue weighted by Crippen LogP contribution is 2.33. The molecule has 124 valence electrons. The number of halogens is 1.